The Morgan fingerprint density at radius 2 is 2.05 bits per heavy atom. The third kappa shape index (κ3) is 3.83. The van der Waals surface area contributed by atoms with Crippen LogP contribution in [-0.4, -0.2) is 30.3 Å². The summed E-state index contributed by atoms with van der Waals surface area (Å²) in [6.45, 7) is 9.97. The highest BCUT2D eigenvalue weighted by atomic mass is 35.5. The number of carbonyl (C=O) groups is 1. The van der Waals surface area contributed by atoms with Crippen molar-refractivity contribution >= 4 is 17.4 Å². The molecular weight excluding hydrogens is 270 g/mol. The second-order valence-corrected chi connectivity index (χ2v) is 7.21. The highest BCUT2D eigenvalue weighted by Crippen LogP contribution is 2.33. The van der Waals surface area contributed by atoms with E-state index >= 15 is 0 Å². The summed E-state index contributed by atoms with van der Waals surface area (Å²) in [7, 11) is 0. The molecule has 1 unspecified atom stereocenters. The molecule has 1 aromatic carbocycles. The Labute approximate surface area is 127 Å². The van der Waals surface area contributed by atoms with Gasteiger partial charge in [-0.15, -0.1) is 0 Å². The Bertz CT molecular complexity index is 478. The van der Waals surface area contributed by atoms with Crippen molar-refractivity contribution in [2.45, 2.75) is 33.6 Å². The van der Waals surface area contributed by atoms with Gasteiger partial charge in [-0.1, -0.05) is 44.5 Å². The van der Waals surface area contributed by atoms with E-state index in [1.165, 1.54) is 6.42 Å². The van der Waals surface area contributed by atoms with E-state index in [4.69, 9.17) is 11.6 Å². The zero-order valence-corrected chi connectivity index (χ0v) is 13.4. The number of ketones is 1. The van der Waals surface area contributed by atoms with Crippen LogP contribution in [0.5, 0.6) is 0 Å². The largest absolute Gasteiger partial charge is 0.303 e. The first-order chi connectivity index (χ1) is 9.38. The Morgan fingerprint density at radius 3 is 2.65 bits per heavy atom. The fraction of sp³-hybridized carbons (Fsp3) is 0.588. The average molecular weight is 294 g/mol. The van der Waals surface area contributed by atoms with E-state index in [-0.39, 0.29) is 5.78 Å². The molecule has 1 fully saturated rings. The van der Waals surface area contributed by atoms with Crippen molar-refractivity contribution in [3.05, 3.63) is 34.9 Å². The lowest BCUT2D eigenvalue weighted by atomic mass is 9.80. The molecule has 1 aliphatic heterocycles. The van der Waals surface area contributed by atoms with Crippen molar-refractivity contribution in [1.29, 1.82) is 0 Å². The van der Waals surface area contributed by atoms with Crippen molar-refractivity contribution < 1.29 is 4.79 Å². The van der Waals surface area contributed by atoms with Crippen LogP contribution in [0.25, 0.3) is 0 Å². The molecule has 0 aromatic heterocycles. The smallest absolute Gasteiger partial charge is 0.165 e. The molecule has 3 heteroatoms. The Morgan fingerprint density at radius 1 is 1.35 bits per heavy atom. The van der Waals surface area contributed by atoms with Crippen LogP contribution in [0.3, 0.4) is 0 Å². The lowest BCUT2D eigenvalue weighted by molar-refractivity contribution is 0.0967. The Balaban J connectivity index is 1.85. The summed E-state index contributed by atoms with van der Waals surface area (Å²) in [6, 6.07) is 7.31. The minimum atomic E-state index is 0.148. The maximum absolute atomic E-state index is 12.2. The van der Waals surface area contributed by atoms with Crippen LogP contribution in [0, 0.1) is 11.3 Å². The summed E-state index contributed by atoms with van der Waals surface area (Å²) in [5.74, 6) is 0.882. The standard InChI is InChI=1S/C17H24ClNO/c1-17(2,3)13-8-10-19(12-13)11-9-16(20)14-6-4-5-7-15(14)18/h4-7,13H,8-12H2,1-3H3. The van der Waals surface area contributed by atoms with Crippen LogP contribution in [-0.2, 0) is 0 Å². The first-order valence-electron chi connectivity index (χ1n) is 7.38. The monoisotopic (exact) mass is 293 g/mol. The molecule has 2 rings (SSSR count). The zero-order chi connectivity index (χ0) is 14.8. The van der Waals surface area contributed by atoms with Crippen LogP contribution in [0.1, 0.15) is 44.0 Å². The number of carbonyl (C=O) groups excluding carboxylic acids is 1. The van der Waals surface area contributed by atoms with Crippen molar-refractivity contribution in [2.75, 3.05) is 19.6 Å². The molecule has 1 saturated heterocycles. The molecule has 110 valence electrons. The van der Waals surface area contributed by atoms with Crippen molar-refractivity contribution in [2.24, 2.45) is 11.3 Å². The van der Waals surface area contributed by atoms with Crippen LogP contribution in [0.2, 0.25) is 5.02 Å². The van der Waals surface area contributed by atoms with Gasteiger partial charge in [-0.2, -0.15) is 0 Å². The van der Waals surface area contributed by atoms with E-state index < -0.39 is 0 Å². The molecule has 0 N–H and O–H groups in total. The van der Waals surface area contributed by atoms with Gasteiger partial charge in [-0.3, -0.25) is 4.79 Å². The number of hydrogen-bond acceptors (Lipinski definition) is 2. The van der Waals surface area contributed by atoms with Gasteiger partial charge in [-0.25, -0.2) is 0 Å². The van der Waals surface area contributed by atoms with Crippen molar-refractivity contribution in [3.63, 3.8) is 0 Å². The summed E-state index contributed by atoms with van der Waals surface area (Å²) >= 11 is 6.06. The third-order valence-corrected chi connectivity index (χ3v) is 4.66. The van der Waals surface area contributed by atoms with Crippen molar-refractivity contribution in [1.82, 2.24) is 4.90 Å². The van der Waals surface area contributed by atoms with Crippen LogP contribution in [0.4, 0.5) is 0 Å². The lowest BCUT2D eigenvalue weighted by Gasteiger charge is -2.27. The molecule has 1 heterocycles. The maximum atomic E-state index is 12.2. The molecule has 0 saturated carbocycles. The first-order valence-corrected chi connectivity index (χ1v) is 7.76. The molecule has 2 nitrogen and oxygen atoms in total. The predicted molar refractivity (Wildman–Crippen MR) is 84.4 cm³/mol. The van der Waals surface area contributed by atoms with Gasteiger partial charge in [0.2, 0.25) is 0 Å². The Kier molecular flexibility index (Phi) is 4.87. The van der Waals surface area contributed by atoms with Gasteiger partial charge in [0.25, 0.3) is 0 Å². The van der Waals surface area contributed by atoms with Gasteiger partial charge in [0.15, 0.2) is 5.78 Å². The summed E-state index contributed by atoms with van der Waals surface area (Å²) in [6.07, 6.45) is 1.80. The fourth-order valence-electron chi connectivity index (χ4n) is 2.82. The van der Waals surface area contributed by atoms with Crippen LogP contribution < -0.4 is 0 Å². The first kappa shape index (κ1) is 15.5. The van der Waals surface area contributed by atoms with E-state index in [1.54, 1.807) is 6.07 Å². The van der Waals surface area contributed by atoms with Crippen molar-refractivity contribution in [3.8, 4) is 0 Å². The SMILES string of the molecule is CC(C)(C)C1CCN(CCC(=O)c2ccccc2Cl)C1. The van der Waals surface area contributed by atoms with E-state index in [1.807, 2.05) is 18.2 Å². The molecule has 0 bridgehead atoms. The molecule has 20 heavy (non-hydrogen) atoms. The topological polar surface area (TPSA) is 20.3 Å². The van der Waals surface area contributed by atoms with E-state index in [0.717, 1.165) is 25.6 Å². The van der Waals surface area contributed by atoms with Gasteiger partial charge < -0.3 is 4.90 Å². The molecule has 1 aliphatic rings. The van der Waals surface area contributed by atoms with Crippen LogP contribution >= 0.6 is 11.6 Å². The minimum Gasteiger partial charge on any atom is -0.303 e. The van der Waals surface area contributed by atoms with Gasteiger partial charge in [0, 0.05) is 25.1 Å². The Hall–Kier alpha value is -0.860. The number of rotatable bonds is 4. The number of benzene rings is 1. The molecule has 0 spiro atoms. The van der Waals surface area contributed by atoms with E-state index in [0.29, 0.717) is 22.4 Å². The molecule has 0 amide bonds. The van der Waals surface area contributed by atoms with Gasteiger partial charge in [-0.05, 0) is 36.4 Å². The van der Waals surface area contributed by atoms with Gasteiger partial charge >= 0.3 is 0 Å². The number of halogens is 1. The third-order valence-electron chi connectivity index (χ3n) is 4.33. The van der Waals surface area contributed by atoms with E-state index in [2.05, 4.69) is 25.7 Å². The zero-order valence-electron chi connectivity index (χ0n) is 12.7. The summed E-state index contributed by atoms with van der Waals surface area (Å²) < 4.78 is 0. The highest BCUT2D eigenvalue weighted by molar-refractivity contribution is 6.33. The average Bonchev–Trinajstić information content (AvgIpc) is 2.85. The minimum absolute atomic E-state index is 0.148. The fourth-order valence-corrected chi connectivity index (χ4v) is 3.07. The van der Waals surface area contributed by atoms with Gasteiger partial charge in [0.1, 0.15) is 0 Å². The second-order valence-electron chi connectivity index (χ2n) is 6.81. The number of likely N-dealkylation sites (tertiary alicyclic amines) is 1. The summed E-state index contributed by atoms with van der Waals surface area (Å²) in [4.78, 5) is 14.6. The molecule has 1 aromatic rings. The molecule has 0 aliphatic carbocycles. The molecule has 1 atom stereocenters. The number of hydrogen-bond donors (Lipinski definition) is 0. The van der Waals surface area contributed by atoms with Gasteiger partial charge in [0.05, 0.1) is 5.02 Å². The quantitative estimate of drug-likeness (QED) is 0.772. The summed E-state index contributed by atoms with van der Waals surface area (Å²) in [5, 5.41) is 0.562. The predicted octanol–water partition coefficient (Wildman–Crippen LogP) is 4.28. The number of nitrogens with zero attached hydrogens (tertiary/aromatic N) is 1. The molecule has 0 radical (unpaired) electrons. The summed E-state index contributed by atoms with van der Waals surface area (Å²) in [5.41, 5.74) is 1.02. The second kappa shape index (κ2) is 6.28. The highest BCUT2D eigenvalue weighted by Gasteiger charge is 2.31. The van der Waals surface area contributed by atoms with Crippen LogP contribution in [0.15, 0.2) is 24.3 Å². The normalized spacial score (nSPS) is 20.3. The van der Waals surface area contributed by atoms with E-state index in [9.17, 15) is 4.79 Å². The lowest BCUT2D eigenvalue weighted by Crippen LogP contribution is -2.27. The molecular formula is C17H24ClNO. The maximum Gasteiger partial charge on any atom is 0.165 e. The number of Topliss-reactive ketones (excluding diaryl/α,β-unsaturated/α-hetero) is 1.